The van der Waals surface area contributed by atoms with Crippen LogP contribution in [0, 0.1) is 0 Å². The predicted octanol–water partition coefficient (Wildman–Crippen LogP) is 7.12. The molecule has 0 unspecified atom stereocenters. The van der Waals surface area contributed by atoms with Gasteiger partial charge in [-0.15, -0.1) is 15.5 Å². The molecule has 6 heteroatoms. The van der Waals surface area contributed by atoms with Crippen LogP contribution in [0.3, 0.4) is 0 Å². The first kappa shape index (κ1) is 16.9. The first-order valence-electron chi connectivity index (χ1n) is 5.76. The molecule has 0 radical (unpaired) electrons. The van der Waals surface area contributed by atoms with Gasteiger partial charge in [0.2, 0.25) is 9.84 Å². The lowest BCUT2D eigenvalue weighted by atomic mass is 10.2. The number of hydrogen-bond acceptors (Lipinski definition) is 0. The largest absolute Gasteiger partial charge is 0.205 e. The molecule has 0 aromatic heterocycles. The van der Waals surface area contributed by atoms with Crippen LogP contribution in [0.5, 0.6) is 0 Å². The van der Waals surface area contributed by atoms with Crippen LogP contribution >= 0.6 is 21.4 Å². The molecule has 0 saturated heterocycles. The monoisotopic (exact) mass is 326 g/mol. The Hall–Kier alpha value is -1.20. The smallest absolute Gasteiger partial charge is 0.117 e. The normalized spacial score (nSPS) is 17.9. The molecule has 0 nitrogen and oxygen atoms in total. The summed E-state index contributed by atoms with van der Waals surface area (Å²) < 4.78 is 56.4. The van der Waals surface area contributed by atoms with Crippen LogP contribution in [-0.4, -0.2) is 0 Å². The summed E-state index contributed by atoms with van der Waals surface area (Å²) in [6.07, 6.45) is 2.54. The summed E-state index contributed by atoms with van der Waals surface area (Å²) in [6.45, 7) is 2.53. The standard InChI is InChI=1S/C14H15ClF4S/c1-3-8-13(4-2)20(16,17,18,19)11-14(15)12-9-6-5-7-10-12/h3-11H,1-2H3. The Labute approximate surface area is 120 Å². The minimum atomic E-state index is -8.55. The van der Waals surface area contributed by atoms with Crippen LogP contribution in [0.2, 0.25) is 0 Å². The molecule has 0 N–H and O–H groups in total. The van der Waals surface area contributed by atoms with E-state index in [0.717, 1.165) is 13.0 Å². The molecule has 0 fully saturated rings. The molecule has 1 rings (SSSR count). The van der Waals surface area contributed by atoms with Gasteiger partial charge in [-0.1, -0.05) is 54.1 Å². The van der Waals surface area contributed by atoms with Gasteiger partial charge >= 0.3 is 0 Å². The molecule has 20 heavy (non-hydrogen) atoms. The van der Waals surface area contributed by atoms with Gasteiger partial charge in [-0.25, -0.2) is 0 Å². The summed E-state index contributed by atoms with van der Waals surface area (Å²) >= 11 is 5.65. The van der Waals surface area contributed by atoms with E-state index >= 15 is 0 Å². The Morgan fingerprint density at radius 3 is 2.05 bits per heavy atom. The highest BCUT2D eigenvalue weighted by Crippen LogP contribution is 3.02. The zero-order valence-electron chi connectivity index (χ0n) is 11.0. The number of allylic oxidation sites excluding steroid dienone is 3. The summed E-state index contributed by atoms with van der Waals surface area (Å²) in [4.78, 5) is -1.32. The van der Waals surface area contributed by atoms with Crippen LogP contribution in [0.15, 0.2) is 58.9 Å². The van der Waals surface area contributed by atoms with E-state index in [0.29, 0.717) is 12.2 Å². The van der Waals surface area contributed by atoms with Crippen molar-refractivity contribution in [1.29, 1.82) is 0 Å². The maximum Gasteiger partial charge on any atom is 0.205 e. The molecule has 0 amide bonds. The van der Waals surface area contributed by atoms with Crippen molar-refractivity contribution in [3.05, 3.63) is 64.4 Å². The predicted molar refractivity (Wildman–Crippen MR) is 80.9 cm³/mol. The molecule has 0 aliphatic carbocycles. The molecule has 1 aromatic carbocycles. The zero-order valence-corrected chi connectivity index (χ0v) is 12.6. The highest BCUT2D eigenvalue weighted by molar-refractivity contribution is 8.55. The lowest BCUT2D eigenvalue weighted by Gasteiger charge is -2.48. The molecule has 0 aliphatic heterocycles. The number of benzene rings is 1. The number of hydrogen-bond donors (Lipinski definition) is 0. The van der Waals surface area contributed by atoms with Crippen molar-refractivity contribution >= 4 is 26.5 Å². The second kappa shape index (κ2) is 4.97. The van der Waals surface area contributed by atoms with Gasteiger partial charge in [-0.2, -0.15) is 0 Å². The van der Waals surface area contributed by atoms with E-state index in [1.807, 2.05) is 0 Å². The number of rotatable bonds is 4. The van der Waals surface area contributed by atoms with Crippen LogP contribution in [0.4, 0.5) is 15.5 Å². The van der Waals surface area contributed by atoms with Crippen LogP contribution in [0.25, 0.3) is 5.03 Å². The molecular weight excluding hydrogens is 312 g/mol. The zero-order chi connectivity index (χ0) is 15.5. The first-order valence-corrected chi connectivity index (χ1v) is 8.25. The highest BCUT2D eigenvalue weighted by Gasteiger charge is 2.63. The van der Waals surface area contributed by atoms with E-state index in [2.05, 4.69) is 0 Å². The summed E-state index contributed by atoms with van der Waals surface area (Å²) in [5.74, 6) is 0. The summed E-state index contributed by atoms with van der Waals surface area (Å²) in [5.41, 5.74) is 0.112. The third-order valence-electron chi connectivity index (χ3n) is 2.50. The second-order valence-electron chi connectivity index (χ2n) is 4.16. The van der Waals surface area contributed by atoms with Crippen molar-refractivity contribution < 1.29 is 15.5 Å². The van der Waals surface area contributed by atoms with E-state index in [-0.39, 0.29) is 5.56 Å². The summed E-state index contributed by atoms with van der Waals surface area (Å²) in [5, 5.41) is -1.07. The molecule has 0 saturated carbocycles. The van der Waals surface area contributed by atoms with Gasteiger partial charge in [0.1, 0.15) is 0 Å². The van der Waals surface area contributed by atoms with Gasteiger partial charge in [-0.05, 0) is 25.5 Å². The molecule has 1 aromatic rings. The van der Waals surface area contributed by atoms with E-state index < -0.39 is 25.2 Å². The average Bonchev–Trinajstić information content (AvgIpc) is 2.34. The van der Waals surface area contributed by atoms with Crippen molar-refractivity contribution in [3.8, 4) is 0 Å². The van der Waals surface area contributed by atoms with E-state index in [1.165, 1.54) is 31.2 Å². The number of halogens is 5. The van der Waals surface area contributed by atoms with Crippen LogP contribution in [-0.2, 0) is 0 Å². The summed E-state index contributed by atoms with van der Waals surface area (Å²) in [6, 6.07) is 7.47. The second-order valence-corrected chi connectivity index (χ2v) is 7.54. The lowest BCUT2D eigenvalue weighted by molar-refractivity contribution is 0.483. The fourth-order valence-electron chi connectivity index (χ4n) is 1.59. The summed E-state index contributed by atoms with van der Waals surface area (Å²) in [7, 11) is -8.55. The third-order valence-corrected chi connectivity index (χ3v) is 5.02. The Morgan fingerprint density at radius 1 is 1.05 bits per heavy atom. The van der Waals surface area contributed by atoms with Crippen molar-refractivity contribution in [3.63, 3.8) is 0 Å². The van der Waals surface area contributed by atoms with Crippen molar-refractivity contribution in [2.45, 2.75) is 13.8 Å². The molecule has 0 spiro atoms. The molecular formula is C14H15ClF4S. The highest BCUT2D eigenvalue weighted by atomic mass is 35.5. The maximum atomic E-state index is 14.1. The van der Waals surface area contributed by atoms with Crippen LogP contribution < -0.4 is 0 Å². The molecule has 0 aliphatic rings. The van der Waals surface area contributed by atoms with Crippen molar-refractivity contribution in [2.75, 3.05) is 0 Å². The fourth-order valence-corrected chi connectivity index (χ4v) is 3.86. The molecule has 112 valence electrons. The molecule has 0 bridgehead atoms. The van der Waals surface area contributed by atoms with Gasteiger partial charge in [-0.3, -0.25) is 0 Å². The third kappa shape index (κ3) is 3.90. The minimum absolute atomic E-state index is 0.112. The Bertz CT molecular complexity index is 581. The van der Waals surface area contributed by atoms with E-state index in [4.69, 9.17) is 11.6 Å². The quantitative estimate of drug-likeness (QED) is 0.408. The lowest BCUT2D eigenvalue weighted by Crippen LogP contribution is -2.12. The van der Waals surface area contributed by atoms with Gasteiger partial charge in [0.25, 0.3) is 0 Å². The van der Waals surface area contributed by atoms with Gasteiger partial charge in [0, 0.05) is 0 Å². The minimum Gasteiger partial charge on any atom is -0.117 e. The van der Waals surface area contributed by atoms with Crippen molar-refractivity contribution in [1.82, 2.24) is 0 Å². The van der Waals surface area contributed by atoms with Crippen LogP contribution in [0.1, 0.15) is 19.4 Å². The Balaban J connectivity index is 3.47. The SMILES string of the molecule is CC=CC(=CC)S(F)(F)(F)(F)C=C(Cl)c1ccccc1. The maximum absolute atomic E-state index is 14.1. The molecule has 0 heterocycles. The average molecular weight is 327 g/mol. The Morgan fingerprint density at radius 2 is 1.60 bits per heavy atom. The van der Waals surface area contributed by atoms with E-state index in [9.17, 15) is 15.5 Å². The van der Waals surface area contributed by atoms with Crippen molar-refractivity contribution in [2.24, 2.45) is 0 Å². The Kier molecular flexibility index (Phi) is 4.19. The molecule has 0 atom stereocenters. The fraction of sp³-hybridized carbons (Fsp3) is 0.143. The topological polar surface area (TPSA) is 0 Å². The van der Waals surface area contributed by atoms with E-state index in [1.54, 1.807) is 6.07 Å². The van der Waals surface area contributed by atoms with Gasteiger partial charge in [0.05, 0.1) is 15.3 Å². The van der Waals surface area contributed by atoms with Gasteiger partial charge < -0.3 is 0 Å². The first-order chi connectivity index (χ1) is 9.02. The van der Waals surface area contributed by atoms with Gasteiger partial charge in [0.15, 0.2) is 0 Å².